The highest BCUT2D eigenvalue weighted by molar-refractivity contribution is 7.10. The maximum atomic E-state index is 13.9. The van der Waals surface area contributed by atoms with E-state index in [0.29, 0.717) is 26.4 Å². The lowest BCUT2D eigenvalue weighted by Gasteiger charge is -2.24. The zero-order valence-corrected chi connectivity index (χ0v) is 25.1. The highest BCUT2D eigenvalue weighted by Crippen LogP contribution is 2.36. The van der Waals surface area contributed by atoms with Crippen LogP contribution in [0.2, 0.25) is 0 Å². The van der Waals surface area contributed by atoms with Gasteiger partial charge in [-0.1, -0.05) is 72.0 Å². The molecular formula is C34H26N2O6S2. The Balaban J connectivity index is 1.37. The molecule has 44 heavy (non-hydrogen) atoms. The van der Waals surface area contributed by atoms with Crippen LogP contribution in [-0.2, 0) is 16.1 Å². The van der Waals surface area contributed by atoms with Crippen molar-refractivity contribution in [3.05, 3.63) is 149 Å². The fourth-order valence-electron chi connectivity index (χ4n) is 4.93. The molecule has 3 heterocycles. The number of hydrogen-bond donors (Lipinski definition) is 1. The standard InChI is InChI=1S/C34H26N2O6S2/c1-2-41-33(40)28-29(23-9-4-3-5-10-23)35-34-36(30(28)26-12-7-17-43-26)31(37)27(44-34)19-21-13-15-25(16-14-21)42-20-22-8-6-11-24(18-22)32(38)39/h3-19,30H,2,20H2,1H3,(H,38,39)/b27-19-/t30-/m1/s1. The number of benzene rings is 3. The van der Waals surface area contributed by atoms with Gasteiger partial charge >= 0.3 is 11.9 Å². The lowest BCUT2D eigenvalue weighted by atomic mass is 9.97. The number of hydrogen-bond acceptors (Lipinski definition) is 8. The van der Waals surface area contributed by atoms with Crippen LogP contribution in [0.1, 0.15) is 44.9 Å². The Hall–Kier alpha value is -5.06. The van der Waals surface area contributed by atoms with Gasteiger partial charge in [-0.2, -0.15) is 0 Å². The Kier molecular flexibility index (Phi) is 8.36. The van der Waals surface area contributed by atoms with E-state index in [1.807, 2.05) is 60.0 Å². The fraction of sp³-hybridized carbons (Fsp3) is 0.118. The number of rotatable bonds is 9. The van der Waals surface area contributed by atoms with Gasteiger partial charge in [-0.05, 0) is 59.8 Å². The van der Waals surface area contributed by atoms with Crippen molar-refractivity contribution in [1.82, 2.24) is 4.57 Å². The molecule has 0 unspecified atom stereocenters. The van der Waals surface area contributed by atoms with Crippen LogP contribution in [0.5, 0.6) is 5.75 Å². The number of nitrogens with zero attached hydrogens (tertiary/aromatic N) is 2. The van der Waals surface area contributed by atoms with Crippen molar-refractivity contribution in [2.75, 3.05) is 6.61 Å². The molecule has 3 aromatic carbocycles. The van der Waals surface area contributed by atoms with Crippen molar-refractivity contribution >= 4 is 46.4 Å². The van der Waals surface area contributed by atoms with Gasteiger partial charge < -0.3 is 14.6 Å². The smallest absolute Gasteiger partial charge is 0.338 e. The number of carboxylic acid groups (broad SMARTS) is 1. The second-order valence-corrected chi connectivity index (χ2v) is 11.8. The quantitative estimate of drug-likeness (QED) is 0.225. The number of thiazole rings is 1. The van der Waals surface area contributed by atoms with E-state index >= 15 is 0 Å². The average molecular weight is 623 g/mol. The molecule has 0 aliphatic carbocycles. The van der Waals surface area contributed by atoms with Crippen LogP contribution in [0.3, 0.4) is 0 Å². The van der Waals surface area contributed by atoms with Crippen molar-refractivity contribution in [3.63, 3.8) is 0 Å². The summed E-state index contributed by atoms with van der Waals surface area (Å²) in [7, 11) is 0. The average Bonchev–Trinajstić information content (AvgIpc) is 3.69. The number of aromatic carboxylic acids is 1. The Morgan fingerprint density at radius 2 is 1.80 bits per heavy atom. The van der Waals surface area contributed by atoms with E-state index in [1.165, 1.54) is 28.7 Å². The normalized spacial score (nSPS) is 14.6. The number of esters is 1. The maximum Gasteiger partial charge on any atom is 0.338 e. The van der Waals surface area contributed by atoms with E-state index in [2.05, 4.69) is 0 Å². The summed E-state index contributed by atoms with van der Waals surface area (Å²) in [5.74, 6) is -0.890. The lowest BCUT2D eigenvalue weighted by molar-refractivity contribution is -0.138. The molecule has 0 bridgehead atoms. The minimum absolute atomic E-state index is 0.195. The van der Waals surface area contributed by atoms with E-state index in [9.17, 15) is 19.5 Å². The fourth-order valence-corrected chi connectivity index (χ4v) is 6.75. The number of carbonyl (C=O) groups is 2. The minimum atomic E-state index is -0.989. The number of aromatic nitrogens is 1. The Bertz CT molecular complexity index is 2040. The van der Waals surface area contributed by atoms with E-state index < -0.39 is 18.0 Å². The van der Waals surface area contributed by atoms with Crippen LogP contribution in [0.4, 0.5) is 0 Å². The third-order valence-electron chi connectivity index (χ3n) is 6.94. The second-order valence-electron chi connectivity index (χ2n) is 9.81. The van der Waals surface area contributed by atoms with E-state index in [4.69, 9.17) is 14.5 Å². The molecule has 1 aliphatic rings. The molecule has 5 aromatic rings. The molecule has 220 valence electrons. The first-order valence-electron chi connectivity index (χ1n) is 13.8. The second kappa shape index (κ2) is 12.7. The van der Waals surface area contributed by atoms with E-state index in [1.54, 1.807) is 47.9 Å². The molecule has 0 radical (unpaired) electrons. The van der Waals surface area contributed by atoms with E-state index in [0.717, 1.165) is 21.6 Å². The van der Waals surface area contributed by atoms with Gasteiger partial charge in [0.2, 0.25) is 0 Å². The summed E-state index contributed by atoms with van der Waals surface area (Å²) in [5.41, 5.74) is 3.07. The lowest BCUT2D eigenvalue weighted by Crippen LogP contribution is -2.39. The zero-order chi connectivity index (χ0) is 30.6. The summed E-state index contributed by atoms with van der Waals surface area (Å²) in [6, 6.07) is 26.5. The minimum Gasteiger partial charge on any atom is -0.489 e. The third kappa shape index (κ3) is 5.90. The summed E-state index contributed by atoms with van der Waals surface area (Å²) >= 11 is 2.73. The van der Waals surface area contributed by atoms with Gasteiger partial charge in [0.15, 0.2) is 4.80 Å². The number of carbonyl (C=O) groups excluding carboxylic acids is 1. The van der Waals surface area contributed by atoms with Crippen LogP contribution >= 0.6 is 22.7 Å². The highest BCUT2D eigenvalue weighted by atomic mass is 32.1. The van der Waals surface area contributed by atoms with E-state index in [-0.39, 0.29) is 24.3 Å². The number of ether oxygens (including phenoxy) is 2. The molecule has 0 amide bonds. The Morgan fingerprint density at radius 3 is 2.50 bits per heavy atom. The summed E-state index contributed by atoms with van der Waals surface area (Å²) in [5, 5.41) is 11.1. The Labute approximate surface area is 260 Å². The van der Waals surface area contributed by atoms with Gasteiger partial charge in [-0.25, -0.2) is 14.6 Å². The third-order valence-corrected chi connectivity index (χ3v) is 8.85. The SMILES string of the molecule is CCOC(=O)C1=C(c2ccccc2)N=c2s/c(=C\c3ccc(OCc4cccc(C(=O)O)c4)cc3)c(=O)n2[C@@H]1c1cccs1. The number of thiophene rings is 1. The maximum absolute atomic E-state index is 13.9. The molecule has 1 N–H and O–H groups in total. The predicted octanol–water partition coefficient (Wildman–Crippen LogP) is 5.27. The molecule has 0 saturated heterocycles. The van der Waals surface area contributed by atoms with Gasteiger partial charge in [0.1, 0.15) is 18.4 Å². The summed E-state index contributed by atoms with van der Waals surface area (Å²) in [6.07, 6.45) is 1.80. The highest BCUT2D eigenvalue weighted by Gasteiger charge is 2.35. The van der Waals surface area contributed by atoms with Crippen molar-refractivity contribution < 1.29 is 24.2 Å². The Morgan fingerprint density at radius 1 is 1.00 bits per heavy atom. The van der Waals surface area contributed by atoms with Gasteiger partial charge in [-0.3, -0.25) is 9.36 Å². The van der Waals surface area contributed by atoms with Crippen LogP contribution in [-0.4, -0.2) is 28.2 Å². The van der Waals surface area contributed by atoms with Crippen LogP contribution in [0, 0.1) is 0 Å². The summed E-state index contributed by atoms with van der Waals surface area (Å²) in [6.45, 7) is 2.16. The molecule has 0 saturated carbocycles. The monoisotopic (exact) mass is 622 g/mol. The largest absolute Gasteiger partial charge is 0.489 e. The zero-order valence-electron chi connectivity index (χ0n) is 23.5. The molecular weight excluding hydrogens is 597 g/mol. The summed E-state index contributed by atoms with van der Waals surface area (Å²) < 4.78 is 13.4. The van der Waals surface area contributed by atoms with Gasteiger partial charge in [0.25, 0.3) is 5.56 Å². The van der Waals surface area contributed by atoms with Crippen molar-refractivity contribution in [2.24, 2.45) is 4.99 Å². The topological polar surface area (TPSA) is 107 Å². The molecule has 10 heteroatoms. The molecule has 1 atom stereocenters. The van der Waals surface area contributed by atoms with Crippen molar-refractivity contribution in [2.45, 2.75) is 19.6 Å². The van der Waals surface area contributed by atoms with Crippen molar-refractivity contribution in [3.8, 4) is 5.75 Å². The molecule has 2 aromatic heterocycles. The first-order chi connectivity index (χ1) is 21.4. The molecule has 0 fully saturated rings. The van der Waals surface area contributed by atoms with Crippen LogP contribution < -0.4 is 19.6 Å². The van der Waals surface area contributed by atoms with Crippen molar-refractivity contribution in [1.29, 1.82) is 0 Å². The first kappa shape index (κ1) is 29.0. The first-order valence-corrected chi connectivity index (χ1v) is 15.5. The van der Waals surface area contributed by atoms with Gasteiger partial charge in [0.05, 0.1) is 28.0 Å². The molecule has 0 spiro atoms. The number of fused-ring (bicyclic) bond motifs is 1. The predicted molar refractivity (Wildman–Crippen MR) is 170 cm³/mol. The van der Waals surface area contributed by atoms with Gasteiger partial charge in [-0.15, -0.1) is 11.3 Å². The molecule has 1 aliphatic heterocycles. The molecule has 6 rings (SSSR count). The number of carboxylic acids is 1. The van der Waals surface area contributed by atoms with Crippen LogP contribution in [0.25, 0.3) is 11.8 Å². The summed E-state index contributed by atoms with van der Waals surface area (Å²) in [4.78, 5) is 44.8. The van der Waals surface area contributed by atoms with Crippen LogP contribution in [0.15, 0.2) is 112 Å². The van der Waals surface area contributed by atoms with Gasteiger partial charge in [0, 0.05) is 10.4 Å². The molecule has 8 nitrogen and oxygen atoms in total.